The van der Waals surface area contributed by atoms with Crippen LogP contribution >= 0.6 is 11.8 Å². The first-order valence-corrected chi connectivity index (χ1v) is 10.1. The van der Waals surface area contributed by atoms with Crippen LogP contribution in [0.15, 0.2) is 42.1 Å². The molecule has 29 heavy (non-hydrogen) atoms. The number of thioether (sulfide) groups is 1. The lowest BCUT2D eigenvalue weighted by molar-refractivity contribution is -0.126. The molecule has 2 aliphatic rings. The number of imide groups is 1. The van der Waals surface area contributed by atoms with Crippen LogP contribution in [0.4, 0.5) is 4.79 Å². The van der Waals surface area contributed by atoms with Crippen molar-refractivity contribution in [1.82, 2.24) is 25.0 Å². The number of ether oxygens (including phenoxy) is 2. The lowest BCUT2D eigenvalue weighted by Crippen LogP contribution is -2.39. The minimum Gasteiger partial charge on any atom is -0.485 e. The van der Waals surface area contributed by atoms with Gasteiger partial charge >= 0.3 is 6.03 Å². The molecule has 0 radical (unpaired) electrons. The molecule has 9 nitrogen and oxygen atoms in total. The third-order valence-corrected chi connectivity index (χ3v) is 5.67. The highest BCUT2D eigenvalue weighted by molar-refractivity contribution is 8.00. The summed E-state index contributed by atoms with van der Waals surface area (Å²) in [5.74, 6) is 1.68. The number of aromatic nitrogens is 3. The average Bonchev–Trinajstić information content (AvgIpc) is 3.33. The van der Waals surface area contributed by atoms with E-state index in [1.165, 1.54) is 16.7 Å². The zero-order chi connectivity index (χ0) is 20.4. The number of urea groups is 1. The molecule has 2 aliphatic heterocycles. The summed E-state index contributed by atoms with van der Waals surface area (Å²) in [4.78, 5) is 25.6. The molecule has 2 aromatic rings. The molecule has 1 N–H and O–H groups in total. The predicted molar refractivity (Wildman–Crippen MR) is 106 cm³/mol. The number of hydrogen-bond acceptors (Lipinski definition) is 7. The lowest BCUT2D eigenvalue weighted by atomic mass is 10.2. The summed E-state index contributed by atoms with van der Waals surface area (Å²) in [6, 6.07) is 7.09. The van der Waals surface area contributed by atoms with E-state index in [0.717, 1.165) is 0 Å². The van der Waals surface area contributed by atoms with Crippen molar-refractivity contribution in [3.63, 3.8) is 0 Å². The van der Waals surface area contributed by atoms with Crippen molar-refractivity contribution in [3.05, 3.63) is 42.7 Å². The quantitative estimate of drug-likeness (QED) is 0.569. The van der Waals surface area contributed by atoms with Crippen LogP contribution in [-0.2, 0) is 11.3 Å². The van der Waals surface area contributed by atoms with Crippen molar-refractivity contribution in [2.45, 2.75) is 30.0 Å². The second kappa shape index (κ2) is 8.16. The van der Waals surface area contributed by atoms with Gasteiger partial charge < -0.3 is 14.8 Å². The first-order chi connectivity index (χ1) is 14.1. The van der Waals surface area contributed by atoms with Crippen molar-refractivity contribution in [2.75, 3.05) is 19.7 Å². The molecule has 10 heteroatoms. The maximum Gasteiger partial charge on any atom is 0.324 e. The largest absolute Gasteiger partial charge is 0.485 e. The van der Waals surface area contributed by atoms with Crippen LogP contribution in [0.2, 0.25) is 0 Å². The summed E-state index contributed by atoms with van der Waals surface area (Å²) in [7, 11) is 0. The van der Waals surface area contributed by atoms with Crippen LogP contribution in [0.1, 0.15) is 18.9 Å². The number of benzene rings is 1. The van der Waals surface area contributed by atoms with E-state index < -0.39 is 11.4 Å². The van der Waals surface area contributed by atoms with Gasteiger partial charge in [-0.15, -0.1) is 16.8 Å². The first-order valence-electron chi connectivity index (χ1n) is 9.27. The fraction of sp³-hybridized carbons (Fsp3) is 0.368. The molecular weight excluding hydrogens is 394 g/mol. The van der Waals surface area contributed by atoms with E-state index in [9.17, 15) is 9.59 Å². The van der Waals surface area contributed by atoms with Crippen molar-refractivity contribution in [1.29, 1.82) is 0 Å². The third kappa shape index (κ3) is 3.80. The van der Waals surface area contributed by atoms with Crippen molar-refractivity contribution in [3.8, 4) is 11.5 Å². The van der Waals surface area contributed by atoms with E-state index in [0.29, 0.717) is 48.7 Å². The van der Waals surface area contributed by atoms with E-state index in [4.69, 9.17) is 9.47 Å². The number of nitrogens with zero attached hydrogens (tertiary/aromatic N) is 4. The smallest absolute Gasteiger partial charge is 0.324 e. The molecule has 4 rings (SSSR count). The van der Waals surface area contributed by atoms with E-state index >= 15 is 0 Å². The Morgan fingerprint density at radius 1 is 1.41 bits per heavy atom. The summed E-state index contributed by atoms with van der Waals surface area (Å²) in [6.07, 6.45) is 1.30. The summed E-state index contributed by atoms with van der Waals surface area (Å²) >= 11 is 1.25. The van der Waals surface area contributed by atoms with Gasteiger partial charge in [-0.2, -0.15) is 0 Å². The number of nitrogens with one attached hydrogen (secondary N) is 1. The van der Waals surface area contributed by atoms with Gasteiger partial charge in [0, 0.05) is 19.6 Å². The zero-order valence-corrected chi connectivity index (χ0v) is 16.7. The molecule has 0 saturated carbocycles. The molecule has 2 atom stereocenters. The van der Waals surface area contributed by atoms with Crippen LogP contribution in [0.5, 0.6) is 11.5 Å². The number of allylic oxidation sites excluding steroid dienone is 1. The number of carbonyl (C=O) groups is 2. The Kier molecular flexibility index (Phi) is 5.43. The van der Waals surface area contributed by atoms with E-state index in [-0.39, 0.29) is 11.9 Å². The predicted octanol–water partition coefficient (Wildman–Crippen LogP) is 2.01. The zero-order valence-electron chi connectivity index (χ0n) is 15.9. The Hall–Kier alpha value is -3.01. The van der Waals surface area contributed by atoms with Gasteiger partial charge in [0.15, 0.2) is 28.6 Å². The number of fused-ring (bicyclic) bond motifs is 1. The fourth-order valence-corrected chi connectivity index (χ4v) is 4.11. The van der Waals surface area contributed by atoms with E-state index in [1.807, 2.05) is 28.8 Å². The van der Waals surface area contributed by atoms with Gasteiger partial charge in [0.05, 0.1) is 5.25 Å². The molecule has 0 aliphatic carbocycles. The highest BCUT2D eigenvalue weighted by Crippen LogP contribution is 2.36. The van der Waals surface area contributed by atoms with Crippen molar-refractivity contribution in [2.24, 2.45) is 0 Å². The molecule has 1 aromatic heterocycles. The number of amides is 3. The molecule has 1 fully saturated rings. The fourth-order valence-electron chi connectivity index (χ4n) is 3.18. The summed E-state index contributed by atoms with van der Waals surface area (Å²) in [6.45, 7) is 7.16. The van der Waals surface area contributed by atoms with Gasteiger partial charge in [0.1, 0.15) is 6.61 Å². The molecule has 3 amide bonds. The van der Waals surface area contributed by atoms with Crippen molar-refractivity contribution < 1.29 is 19.1 Å². The Balaban J connectivity index is 1.53. The topological polar surface area (TPSA) is 98.6 Å². The van der Waals surface area contributed by atoms with E-state index in [2.05, 4.69) is 22.1 Å². The Morgan fingerprint density at radius 3 is 2.93 bits per heavy atom. The monoisotopic (exact) mass is 415 g/mol. The van der Waals surface area contributed by atoms with Crippen LogP contribution in [0.3, 0.4) is 0 Å². The highest BCUT2D eigenvalue weighted by Gasteiger charge is 2.33. The Morgan fingerprint density at radius 2 is 2.21 bits per heavy atom. The molecular formula is C19H21N5O4S. The van der Waals surface area contributed by atoms with Crippen LogP contribution in [0, 0.1) is 0 Å². The van der Waals surface area contributed by atoms with Crippen LogP contribution < -0.4 is 14.8 Å². The summed E-state index contributed by atoms with van der Waals surface area (Å²) in [5, 5.41) is 11.2. The minimum absolute atomic E-state index is 0.258. The number of carbonyl (C=O) groups excluding carboxylic acids is 2. The van der Waals surface area contributed by atoms with Gasteiger partial charge in [0.2, 0.25) is 5.91 Å². The number of para-hydroxylation sites is 2. The molecule has 0 unspecified atom stereocenters. The van der Waals surface area contributed by atoms with Crippen LogP contribution in [0.25, 0.3) is 0 Å². The SMILES string of the molecule is C=CCn1c(S[C@@H](C)C(=O)N2CCNC2=O)nnc1[C@@H]1COc2ccccc2O1. The lowest BCUT2D eigenvalue weighted by Gasteiger charge is -2.26. The normalized spacial score (nSPS) is 19.0. The summed E-state index contributed by atoms with van der Waals surface area (Å²) in [5.41, 5.74) is 0. The first kappa shape index (κ1) is 19.3. The number of rotatable bonds is 6. The highest BCUT2D eigenvalue weighted by atomic mass is 32.2. The minimum atomic E-state index is -0.497. The molecule has 1 saturated heterocycles. The van der Waals surface area contributed by atoms with Gasteiger partial charge in [-0.3, -0.25) is 14.3 Å². The second-order valence-corrected chi connectivity index (χ2v) is 7.89. The van der Waals surface area contributed by atoms with Crippen LogP contribution in [-0.4, -0.2) is 56.5 Å². The van der Waals surface area contributed by atoms with Crippen molar-refractivity contribution >= 4 is 23.7 Å². The van der Waals surface area contributed by atoms with Gasteiger partial charge in [0.25, 0.3) is 0 Å². The summed E-state index contributed by atoms with van der Waals surface area (Å²) < 4.78 is 13.7. The Bertz CT molecular complexity index is 946. The van der Waals surface area contributed by atoms with Gasteiger partial charge in [-0.1, -0.05) is 30.0 Å². The molecule has 3 heterocycles. The number of hydrogen-bond donors (Lipinski definition) is 1. The average molecular weight is 415 g/mol. The maximum atomic E-state index is 12.6. The van der Waals surface area contributed by atoms with E-state index in [1.54, 1.807) is 13.0 Å². The molecule has 152 valence electrons. The van der Waals surface area contributed by atoms with Gasteiger partial charge in [-0.05, 0) is 19.1 Å². The standard InChI is InChI=1S/C19H21N5O4S/c1-3-9-23-16(15-11-27-13-6-4-5-7-14(13)28-15)21-22-19(23)29-12(2)17(25)24-10-8-20-18(24)26/h3-7,12,15H,1,8-11H2,2H3,(H,20,26)/t12-,15-/m0/s1. The molecule has 0 spiro atoms. The molecule has 1 aromatic carbocycles. The van der Waals surface area contributed by atoms with Gasteiger partial charge in [-0.25, -0.2) is 4.79 Å². The second-order valence-electron chi connectivity index (χ2n) is 6.59. The Labute approximate surface area is 172 Å². The maximum absolute atomic E-state index is 12.6. The third-order valence-electron chi connectivity index (χ3n) is 4.61. The molecule has 0 bridgehead atoms.